The van der Waals surface area contributed by atoms with E-state index in [0.717, 1.165) is 0 Å². The lowest BCUT2D eigenvalue weighted by atomic mass is 9.86. The van der Waals surface area contributed by atoms with Gasteiger partial charge in [-0.25, -0.2) is 0 Å². The Morgan fingerprint density at radius 1 is 1.43 bits per heavy atom. The van der Waals surface area contributed by atoms with Crippen molar-refractivity contribution in [2.75, 3.05) is 7.11 Å². The smallest absolute Gasteiger partial charge is 0.319 e. The van der Waals surface area contributed by atoms with Crippen molar-refractivity contribution in [3.8, 4) is 0 Å². The van der Waals surface area contributed by atoms with Crippen LogP contribution in [0.3, 0.4) is 0 Å². The van der Waals surface area contributed by atoms with E-state index in [0.29, 0.717) is 5.69 Å². The van der Waals surface area contributed by atoms with Crippen LogP contribution in [0.2, 0.25) is 0 Å². The first-order valence-electron chi connectivity index (χ1n) is 4.26. The Morgan fingerprint density at radius 2 is 2.07 bits per heavy atom. The number of methoxy groups -OCH3 is 1. The number of hydrogen-bond acceptors (Lipinski definition) is 3. The summed E-state index contributed by atoms with van der Waals surface area (Å²) in [5.41, 5.74) is -0.722. The van der Waals surface area contributed by atoms with Crippen LogP contribution in [-0.2, 0) is 9.53 Å². The van der Waals surface area contributed by atoms with E-state index in [-0.39, 0.29) is 5.78 Å². The number of H-pyrrole nitrogens is 1. The van der Waals surface area contributed by atoms with Crippen LogP contribution in [0.25, 0.3) is 0 Å². The van der Waals surface area contributed by atoms with Crippen LogP contribution in [0.15, 0.2) is 18.3 Å². The molecule has 0 atom stereocenters. The van der Waals surface area contributed by atoms with Gasteiger partial charge >= 0.3 is 5.97 Å². The number of aromatic nitrogens is 1. The molecule has 0 aliphatic rings. The van der Waals surface area contributed by atoms with Crippen molar-refractivity contribution in [1.82, 2.24) is 4.98 Å². The lowest BCUT2D eigenvalue weighted by molar-refractivity contribution is -0.147. The molecule has 76 valence electrons. The third-order valence-electron chi connectivity index (χ3n) is 2.11. The first-order valence-corrected chi connectivity index (χ1v) is 4.26. The molecule has 0 bridgehead atoms. The van der Waals surface area contributed by atoms with Crippen molar-refractivity contribution in [1.29, 1.82) is 0 Å². The number of carbonyl (C=O) groups excluding carboxylic acids is 2. The molecule has 0 spiro atoms. The number of rotatable bonds is 3. The van der Waals surface area contributed by atoms with Crippen molar-refractivity contribution in [2.45, 2.75) is 13.8 Å². The molecule has 0 aliphatic carbocycles. The Bertz CT molecular complexity index is 338. The van der Waals surface area contributed by atoms with Crippen LogP contribution in [-0.4, -0.2) is 23.8 Å². The minimum Gasteiger partial charge on any atom is -0.468 e. The van der Waals surface area contributed by atoms with Crippen LogP contribution >= 0.6 is 0 Å². The fourth-order valence-corrected chi connectivity index (χ4v) is 1.16. The van der Waals surface area contributed by atoms with E-state index in [1.165, 1.54) is 7.11 Å². The molecule has 0 radical (unpaired) electrons. The number of nitrogens with one attached hydrogen (secondary N) is 1. The summed E-state index contributed by atoms with van der Waals surface area (Å²) in [5.74, 6) is -0.800. The molecule has 0 aliphatic heterocycles. The van der Waals surface area contributed by atoms with E-state index in [1.54, 1.807) is 32.2 Å². The van der Waals surface area contributed by atoms with Gasteiger partial charge in [-0.05, 0) is 26.0 Å². The summed E-state index contributed by atoms with van der Waals surface area (Å²) < 4.78 is 4.56. The Balaban J connectivity index is 2.94. The average molecular weight is 195 g/mol. The molecule has 1 rings (SSSR count). The Labute approximate surface area is 82.3 Å². The van der Waals surface area contributed by atoms with Crippen LogP contribution in [0, 0.1) is 5.41 Å². The summed E-state index contributed by atoms with van der Waals surface area (Å²) in [6.45, 7) is 3.09. The lowest BCUT2D eigenvalue weighted by Crippen LogP contribution is -2.34. The Hall–Kier alpha value is -1.58. The zero-order valence-electron chi connectivity index (χ0n) is 8.46. The number of esters is 1. The van der Waals surface area contributed by atoms with Crippen molar-refractivity contribution >= 4 is 11.8 Å². The number of ether oxygens (including phenoxy) is 1. The predicted octanol–water partition coefficient (Wildman–Crippen LogP) is 1.40. The van der Waals surface area contributed by atoms with Gasteiger partial charge < -0.3 is 9.72 Å². The third kappa shape index (κ3) is 1.69. The second-order valence-corrected chi connectivity index (χ2v) is 3.53. The molecule has 0 unspecified atom stereocenters. The predicted molar refractivity (Wildman–Crippen MR) is 50.9 cm³/mol. The van der Waals surface area contributed by atoms with E-state index in [4.69, 9.17) is 0 Å². The molecule has 0 amide bonds. The Morgan fingerprint density at radius 3 is 2.50 bits per heavy atom. The molecule has 4 nitrogen and oxygen atoms in total. The minimum atomic E-state index is -1.14. The van der Waals surface area contributed by atoms with E-state index >= 15 is 0 Å². The molecule has 1 heterocycles. The summed E-state index contributed by atoms with van der Waals surface area (Å²) in [6.07, 6.45) is 1.64. The van der Waals surface area contributed by atoms with Gasteiger partial charge in [0.2, 0.25) is 0 Å². The summed E-state index contributed by atoms with van der Waals surface area (Å²) in [6, 6.07) is 3.34. The van der Waals surface area contributed by atoms with Crippen molar-refractivity contribution in [2.24, 2.45) is 5.41 Å². The topological polar surface area (TPSA) is 59.2 Å². The second kappa shape index (κ2) is 3.65. The standard InChI is InChI=1S/C10H13NO3/c1-10(2,9(13)14-3)8(12)7-5-4-6-11-7/h4-6,11H,1-3H3. The van der Waals surface area contributed by atoms with Crippen LogP contribution in [0.4, 0.5) is 0 Å². The van der Waals surface area contributed by atoms with E-state index < -0.39 is 11.4 Å². The SMILES string of the molecule is COC(=O)C(C)(C)C(=O)c1ccc[nH]1. The van der Waals surface area contributed by atoms with E-state index in [1.807, 2.05) is 0 Å². The molecule has 0 fully saturated rings. The molecule has 0 aromatic carbocycles. The maximum atomic E-state index is 11.8. The van der Waals surface area contributed by atoms with Gasteiger partial charge in [0.15, 0.2) is 5.78 Å². The second-order valence-electron chi connectivity index (χ2n) is 3.53. The Kier molecular flexibility index (Phi) is 2.74. The number of hydrogen-bond donors (Lipinski definition) is 1. The average Bonchev–Trinajstić information content (AvgIpc) is 2.67. The van der Waals surface area contributed by atoms with Crippen LogP contribution in [0.1, 0.15) is 24.3 Å². The van der Waals surface area contributed by atoms with Gasteiger partial charge in [-0.3, -0.25) is 9.59 Å². The minimum absolute atomic E-state index is 0.269. The summed E-state index contributed by atoms with van der Waals surface area (Å²) in [5, 5.41) is 0. The van der Waals surface area contributed by atoms with Gasteiger partial charge in [-0.15, -0.1) is 0 Å². The molecule has 1 aromatic rings. The van der Waals surface area contributed by atoms with E-state index in [2.05, 4.69) is 9.72 Å². The highest BCUT2D eigenvalue weighted by atomic mass is 16.5. The lowest BCUT2D eigenvalue weighted by Gasteiger charge is -2.18. The van der Waals surface area contributed by atoms with Gasteiger partial charge in [-0.1, -0.05) is 0 Å². The maximum Gasteiger partial charge on any atom is 0.319 e. The molecular formula is C10H13NO3. The maximum absolute atomic E-state index is 11.8. The highest BCUT2D eigenvalue weighted by molar-refractivity contribution is 6.10. The van der Waals surface area contributed by atoms with Gasteiger partial charge in [-0.2, -0.15) is 0 Å². The van der Waals surface area contributed by atoms with Gasteiger partial charge in [0.25, 0.3) is 0 Å². The first-order chi connectivity index (χ1) is 6.50. The van der Waals surface area contributed by atoms with Crippen molar-refractivity contribution in [3.05, 3.63) is 24.0 Å². The molecule has 0 saturated heterocycles. The summed E-state index contributed by atoms with van der Waals surface area (Å²) in [7, 11) is 1.27. The highest BCUT2D eigenvalue weighted by Crippen LogP contribution is 2.22. The fraction of sp³-hybridized carbons (Fsp3) is 0.400. The highest BCUT2D eigenvalue weighted by Gasteiger charge is 2.38. The largest absolute Gasteiger partial charge is 0.468 e. The number of ketones is 1. The first kappa shape index (κ1) is 10.5. The normalized spacial score (nSPS) is 11.1. The molecule has 1 N–H and O–H groups in total. The van der Waals surface area contributed by atoms with Gasteiger partial charge in [0, 0.05) is 6.20 Å². The molecule has 14 heavy (non-hydrogen) atoms. The number of Topliss-reactive ketones (excluding diaryl/α,β-unsaturated/α-hetero) is 1. The van der Waals surface area contributed by atoms with Crippen LogP contribution < -0.4 is 0 Å². The fourth-order valence-electron chi connectivity index (χ4n) is 1.16. The zero-order chi connectivity index (χ0) is 10.8. The molecule has 0 saturated carbocycles. The summed E-state index contributed by atoms with van der Waals surface area (Å²) in [4.78, 5) is 25.9. The molecular weight excluding hydrogens is 182 g/mol. The van der Waals surface area contributed by atoms with Crippen molar-refractivity contribution in [3.63, 3.8) is 0 Å². The molecule has 1 aromatic heterocycles. The van der Waals surface area contributed by atoms with Crippen LogP contribution in [0.5, 0.6) is 0 Å². The van der Waals surface area contributed by atoms with Gasteiger partial charge in [0.05, 0.1) is 12.8 Å². The number of aromatic amines is 1. The van der Waals surface area contributed by atoms with Crippen molar-refractivity contribution < 1.29 is 14.3 Å². The van der Waals surface area contributed by atoms with Gasteiger partial charge in [0.1, 0.15) is 5.41 Å². The molecule has 4 heteroatoms. The third-order valence-corrected chi connectivity index (χ3v) is 2.11. The summed E-state index contributed by atoms with van der Waals surface area (Å²) >= 11 is 0. The monoisotopic (exact) mass is 195 g/mol. The van der Waals surface area contributed by atoms with E-state index in [9.17, 15) is 9.59 Å². The number of carbonyl (C=O) groups is 2. The quantitative estimate of drug-likeness (QED) is 0.450. The zero-order valence-corrected chi connectivity index (χ0v) is 8.46.